The van der Waals surface area contributed by atoms with Crippen LogP contribution in [-0.4, -0.2) is 33.6 Å². The van der Waals surface area contributed by atoms with Crippen LogP contribution in [0, 0.1) is 0 Å². The van der Waals surface area contributed by atoms with E-state index in [0.717, 1.165) is 0 Å². The van der Waals surface area contributed by atoms with Gasteiger partial charge in [-0.1, -0.05) is 6.92 Å². The molecule has 0 aromatic carbocycles. The SMILES string of the molecule is CCC(O)CCC(O)C(C)O. The van der Waals surface area contributed by atoms with E-state index in [9.17, 15) is 0 Å². The van der Waals surface area contributed by atoms with Gasteiger partial charge in [0, 0.05) is 0 Å². The van der Waals surface area contributed by atoms with Crippen LogP contribution in [-0.2, 0) is 0 Å². The average molecular weight is 162 g/mol. The van der Waals surface area contributed by atoms with Crippen LogP contribution in [0.1, 0.15) is 33.1 Å². The van der Waals surface area contributed by atoms with Gasteiger partial charge in [0.05, 0.1) is 18.3 Å². The zero-order valence-electron chi connectivity index (χ0n) is 7.20. The van der Waals surface area contributed by atoms with Gasteiger partial charge in [0.1, 0.15) is 0 Å². The van der Waals surface area contributed by atoms with Crippen molar-refractivity contribution in [3.05, 3.63) is 0 Å². The summed E-state index contributed by atoms with van der Waals surface area (Å²) >= 11 is 0. The molecule has 0 saturated carbocycles. The van der Waals surface area contributed by atoms with E-state index in [0.29, 0.717) is 19.3 Å². The fourth-order valence-electron chi connectivity index (χ4n) is 0.808. The zero-order chi connectivity index (χ0) is 8.85. The van der Waals surface area contributed by atoms with Crippen molar-refractivity contribution in [1.82, 2.24) is 0 Å². The predicted molar refractivity (Wildman–Crippen MR) is 43.2 cm³/mol. The van der Waals surface area contributed by atoms with Gasteiger partial charge in [0.25, 0.3) is 0 Å². The summed E-state index contributed by atoms with van der Waals surface area (Å²) in [7, 11) is 0. The molecule has 0 amide bonds. The van der Waals surface area contributed by atoms with Crippen molar-refractivity contribution in [2.75, 3.05) is 0 Å². The summed E-state index contributed by atoms with van der Waals surface area (Å²) in [6.45, 7) is 3.43. The fraction of sp³-hybridized carbons (Fsp3) is 1.00. The van der Waals surface area contributed by atoms with Crippen molar-refractivity contribution in [2.45, 2.75) is 51.4 Å². The molecule has 0 aliphatic carbocycles. The Labute approximate surface area is 67.7 Å². The van der Waals surface area contributed by atoms with Gasteiger partial charge in [-0.2, -0.15) is 0 Å². The van der Waals surface area contributed by atoms with Crippen molar-refractivity contribution in [1.29, 1.82) is 0 Å². The normalized spacial score (nSPS) is 19.4. The number of rotatable bonds is 5. The maximum Gasteiger partial charge on any atom is 0.0797 e. The number of aliphatic hydroxyl groups is 3. The Morgan fingerprint density at radius 1 is 1.09 bits per heavy atom. The molecular formula is C8H18O3. The number of hydrogen-bond donors (Lipinski definition) is 3. The molecule has 0 rings (SSSR count). The summed E-state index contributed by atoms with van der Waals surface area (Å²) in [4.78, 5) is 0. The molecule has 3 N–H and O–H groups in total. The van der Waals surface area contributed by atoms with Crippen molar-refractivity contribution >= 4 is 0 Å². The van der Waals surface area contributed by atoms with E-state index >= 15 is 0 Å². The molecule has 68 valence electrons. The molecule has 3 atom stereocenters. The second-order valence-corrected chi connectivity index (χ2v) is 2.95. The molecule has 0 spiro atoms. The first-order chi connectivity index (χ1) is 5.07. The minimum Gasteiger partial charge on any atom is -0.393 e. The van der Waals surface area contributed by atoms with Gasteiger partial charge in [-0.3, -0.25) is 0 Å². The van der Waals surface area contributed by atoms with E-state index < -0.39 is 12.2 Å². The first kappa shape index (κ1) is 10.9. The van der Waals surface area contributed by atoms with E-state index in [1.807, 2.05) is 6.92 Å². The smallest absolute Gasteiger partial charge is 0.0797 e. The third kappa shape index (κ3) is 5.18. The van der Waals surface area contributed by atoms with Gasteiger partial charge in [-0.25, -0.2) is 0 Å². The van der Waals surface area contributed by atoms with Crippen LogP contribution in [0.5, 0.6) is 0 Å². The number of aliphatic hydroxyl groups excluding tert-OH is 3. The van der Waals surface area contributed by atoms with Gasteiger partial charge >= 0.3 is 0 Å². The summed E-state index contributed by atoms with van der Waals surface area (Å²) in [6.07, 6.45) is -0.0134. The third-order valence-electron chi connectivity index (χ3n) is 1.82. The Hall–Kier alpha value is -0.120. The topological polar surface area (TPSA) is 60.7 Å². The highest BCUT2D eigenvalue weighted by Crippen LogP contribution is 2.06. The second-order valence-electron chi connectivity index (χ2n) is 2.95. The Balaban J connectivity index is 3.37. The first-order valence-corrected chi connectivity index (χ1v) is 4.12. The van der Waals surface area contributed by atoms with Crippen molar-refractivity contribution < 1.29 is 15.3 Å². The maximum atomic E-state index is 9.11. The fourth-order valence-corrected chi connectivity index (χ4v) is 0.808. The highest BCUT2D eigenvalue weighted by molar-refractivity contribution is 4.64. The summed E-state index contributed by atoms with van der Waals surface area (Å²) in [6, 6.07) is 0. The molecule has 3 unspecified atom stereocenters. The van der Waals surface area contributed by atoms with Gasteiger partial charge in [-0.15, -0.1) is 0 Å². The van der Waals surface area contributed by atoms with E-state index in [1.54, 1.807) is 6.92 Å². The molecule has 3 heteroatoms. The lowest BCUT2D eigenvalue weighted by Crippen LogP contribution is -2.23. The molecule has 0 aromatic rings. The van der Waals surface area contributed by atoms with Gasteiger partial charge in [-0.05, 0) is 26.2 Å². The van der Waals surface area contributed by atoms with E-state index in [1.165, 1.54) is 0 Å². The molecule has 0 aliphatic heterocycles. The van der Waals surface area contributed by atoms with Crippen molar-refractivity contribution in [2.24, 2.45) is 0 Å². The predicted octanol–water partition coefficient (Wildman–Crippen LogP) is 0.279. The molecule has 3 nitrogen and oxygen atoms in total. The standard InChI is InChI=1S/C8H18O3/c1-3-7(10)4-5-8(11)6(2)9/h6-11H,3-5H2,1-2H3. The lowest BCUT2D eigenvalue weighted by atomic mass is 10.1. The first-order valence-electron chi connectivity index (χ1n) is 4.12. The van der Waals surface area contributed by atoms with Crippen LogP contribution in [0.3, 0.4) is 0 Å². The minimum absolute atomic E-state index is 0.344. The van der Waals surface area contributed by atoms with E-state index in [2.05, 4.69) is 0 Å². The van der Waals surface area contributed by atoms with E-state index in [4.69, 9.17) is 15.3 Å². The van der Waals surface area contributed by atoms with Crippen LogP contribution >= 0.6 is 0 Å². The highest BCUT2D eigenvalue weighted by atomic mass is 16.3. The van der Waals surface area contributed by atoms with Crippen LogP contribution in [0.15, 0.2) is 0 Å². The second kappa shape index (κ2) is 5.52. The minimum atomic E-state index is -0.698. The van der Waals surface area contributed by atoms with Crippen molar-refractivity contribution in [3.63, 3.8) is 0 Å². The molecule has 0 heterocycles. The largest absolute Gasteiger partial charge is 0.393 e. The van der Waals surface area contributed by atoms with E-state index in [-0.39, 0.29) is 6.10 Å². The Kier molecular flexibility index (Phi) is 5.46. The average Bonchev–Trinajstić information content (AvgIpc) is 1.99. The summed E-state index contributed by atoms with van der Waals surface area (Å²) < 4.78 is 0. The molecule has 0 fully saturated rings. The Morgan fingerprint density at radius 2 is 1.64 bits per heavy atom. The third-order valence-corrected chi connectivity index (χ3v) is 1.82. The lowest BCUT2D eigenvalue weighted by Gasteiger charge is -2.14. The zero-order valence-corrected chi connectivity index (χ0v) is 7.20. The quantitative estimate of drug-likeness (QED) is 0.544. The molecular weight excluding hydrogens is 144 g/mol. The van der Waals surface area contributed by atoms with Gasteiger partial charge in [0.2, 0.25) is 0 Å². The van der Waals surface area contributed by atoms with Crippen LogP contribution in [0.4, 0.5) is 0 Å². The lowest BCUT2D eigenvalue weighted by molar-refractivity contribution is 0.0159. The summed E-state index contributed by atoms with van der Waals surface area (Å²) in [5.74, 6) is 0. The van der Waals surface area contributed by atoms with Crippen LogP contribution in [0.2, 0.25) is 0 Å². The summed E-state index contributed by atoms with van der Waals surface area (Å²) in [5.41, 5.74) is 0. The maximum absolute atomic E-state index is 9.11. The Bertz CT molecular complexity index is 93.3. The van der Waals surface area contributed by atoms with Crippen LogP contribution < -0.4 is 0 Å². The van der Waals surface area contributed by atoms with Crippen LogP contribution in [0.25, 0.3) is 0 Å². The highest BCUT2D eigenvalue weighted by Gasteiger charge is 2.12. The van der Waals surface area contributed by atoms with Gasteiger partial charge < -0.3 is 15.3 Å². The molecule has 0 radical (unpaired) electrons. The molecule has 11 heavy (non-hydrogen) atoms. The molecule has 0 bridgehead atoms. The number of hydrogen-bond acceptors (Lipinski definition) is 3. The molecule has 0 saturated heterocycles. The van der Waals surface area contributed by atoms with Gasteiger partial charge in [0.15, 0.2) is 0 Å². The molecule has 0 aromatic heterocycles. The Morgan fingerprint density at radius 3 is 2.00 bits per heavy atom. The molecule has 0 aliphatic rings. The van der Waals surface area contributed by atoms with Crippen molar-refractivity contribution in [3.8, 4) is 0 Å². The summed E-state index contributed by atoms with van der Waals surface area (Å²) in [5, 5.41) is 27.1. The monoisotopic (exact) mass is 162 g/mol.